The summed E-state index contributed by atoms with van der Waals surface area (Å²) in [5.74, 6) is 0.556. The molecule has 4 aliphatic heterocycles. The van der Waals surface area contributed by atoms with Gasteiger partial charge in [-0.1, -0.05) is 43.2 Å². The molecule has 41 heavy (non-hydrogen) atoms. The largest absolute Gasteiger partial charge is 0.341 e. The van der Waals surface area contributed by atoms with Crippen LogP contribution in [0.4, 0.5) is 13.6 Å². The summed E-state index contributed by atoms with van der Waals surface area (Å²) in [4.78, 5) is 47.3. The minimum absolute atomic E-state index is 0. The number of hydrogen-bond donors (Lipinski definition) is 0. The van der Waals surface area contributed by atoms with Crippen molar-refractivity contribution in [2.75, 3.05) is 26.2 Å². The standard InChI is InChI=1S/C31H42F2N4O3.ClH/c1-20(2)37-30(40)36(19-27(32)33)29(39)31(37)14-24-12-13-25(15-31)35(24)17-23-16-34(28(38)22-10-6-7-11-22)18-26(23)21-8-4-3-5-9-21;/h3-5,8-9,20,22-27H,6-7,10-19H2,1-2H3;1H/t23-,24?,25?,26-,31?;/m1./s1. The van der Waals surface area contributed by atoms with E-state index in [4.69, 9.17) is 0 Å². The summed E-state index contributed by atoms with van der Waals surface area (Å²) in [7, 11) is 0. The molecule has 0 N–H and O–H groups in total. The molecule has 1 aliphatic carbocycles. The number of hydrogen-bond acceptors (Lipinski definition) is 4. The zero-order chi connectivity index (χ0) is 28.2. The number of fused-ring (bicyclic) bond motifs is 2. The van der Waals surface area contributed by atoms with Crippen LogP contribution >= 0.6 is 12.4 Å². The first kappa shape index (κ1) is 30.2. The van der Waals surface area contributed by atoms with E-state index in [0.29, 0.717) is 18.7 Å². The van der Waals surface area contributed by atoms with Gasteiger partial charge in [0.05, 0.1) is 6.54 Å². The molecule has 4 heterocycles. The van der Waals surface area contributed by atoms with Gasteiger partial charge in [-0.25, -0.2) is 13.6 Å². The summed E-state index contributed by atoms with van der Waals surface area (Å²) < 4.78 is 26.7. The van der Waals surface area contributed by atoms with Crippen LogP contribution in [-0.4, -0.2) is 93.7 Å². The maximum atomic E-state index is 13.7. The lowest BCUT2D eigenvalue weighted by atomic mass is 9.79. The second-order valence-corrected chi connectivity index (χ2v) is 13.1. The van der Waals surface area contributed by atoms with E-state index in [1.807, 2.05) is 19.9 Å². The van der Waals surface area contributed by atoms with Crippen LogP contribution in [-0.2, 0) is 9.59 Å². The van der Waals surface area contributed by atoms with Crippen molar-refractivity contribution in [1.29, 1.82) is 0 Å². The summed E-state index contributed by atoms with van der Waals surface area (Å²) in [6.45, 7) is 5.22. The van der Waals surface area contributed by atoms with Crippen LogP contribution < -0.4 is 0 Å². The number of alkyl halides is 2. The number of rotatable bonds is 7. The van der Waals surface area contributed by atoms with Gasteiger partial charge in [-0.05, 0) is 63.9 Å². The van der Waals surface area contributed by atoms with Gasteiger partial charge in [0.15, 0.2) is 0 Å². The minimum Gasteiger partial charge on any atom is -0.341 e. The highest BCUT2D eigenvalue weighted by molar-refractivity contribution is 6.07. The average Bonchev–Trinajstić information content (AvgIpc) is 3.69. The van der Waals surface area contributed by atoms with Crippen LogP contribution in [0.15, 0.2) is 30.3 Å². The molecule has 0 aromatic heterocycles. The topological polar surface area (TPSA) is 64.2 Å². The molecule has 1 spiro atoms. The third-order valence-corrected chi connectivity index (χ3v) is 10.4. The molecule has 7 nitrogen and oxygen atoms in total. The van der Waals surface area contributed by atoms with Crippen molar-refractivity contribution >= 4 is 30.3 Å². The van der Waals surface area contributed by atoms with E-state index in [9.17, 15) is 23.2 Å². The molecule has 5 fully saturated rings. The Morgan fingerprint density at radius 2 is 1.61 bits per heavy atom. The van der Waals surface area contributed by atoms with Crippen molar-refractivity contribution in [2.24, 2.45) is 11.8 Å². The number of piperidine rings is 1. The molecule has 4 amide bonds. The van der Waals surface area contributed by atoms with Gasteiger partial charge in [-0.3, -0.25) is 19.4 Å². The molecule has 10 heteroatoms. The lowest BCUT2D eigenvalue weighted by Gasteiger charge is -2.48. The molecular weight excluding hydrogens is 550 g/mol. The lowest BCUT2D eigenvalue weighted by molar-refractivity contribution is -0.139. The lowest BCUT2D eigenvalue weighted by Crippen LogP contribution is -2.62. The van der Waals surface area contributed by atoms with E-state index in [0.717, 1.165) is 63.1 Å². The summed E-state index contributed by atoms with van der Waals surface area (Å²) in [6.07, 6.45) is 4.35. The maximum absolute atomic E-state index is 13.7. The van der Waals surface area contributed by atoms with Gasteiger partial charge in [0.25, 0.3) is 12.3 Å². The van der Waals surface area contributed by atoms with Crippen LogP contribution in [0.25, 0.3) is 0 Å². The highest BCUT2D eigenvalue weighted by Gasteiger charge is 2.63. The SMILES string of the molecule is CC(C)N1C(=O)N(CC(F)F)C(=O)C12CC1CCC(C2)N1C[C@H]1CN(C(=O)C2CCCC2)C[C@@H]1c1ccccc1.Cl. The molecule has 5 aliphatic rings. The number of likely N-dealkylation sites (tertiary alicyclic amines) is 1. The summed E-state index contributed by atoms with van der Waals surface area (Å²) in [5.41, 5.74) is 0.224. The van der Waals surface area contributed by atoms with Crippen molar-refractivity contribution in [3.05, 3.63) is 35.9 Å². The summed E-state index contributed by atoms with van der Waals surface area (Å²) in [5, 5.41) is 0. The normalized spacial score (nSPS) is 32.3. The quantitative estimate of drug-likeness (QED) is 0.411. The van der Waals surface area contributed by atoms with Gasteiger partial charge in [0.2, 0.25) is 5.91 Å². The Morgan fingerprint density at radius 1 is 0.976 bits per heavy atom. The van der Waals surface area contributed by atoms with E-state index in [2.05, 4.69) is 34.1 Å². The van der Waals surface area contributed by atoms with Crippen molar-refractivity contribution in [3.8, 4) is 0 Å². The molecule has 1 aromatic rings. The molecule has 2 bridgehead atoms. The molecule has 1 saturated carbocycles. The Balaban J connectivity index is 0.00000337. The summed E-state index contributed by atoms with van der Waals surface area (Å²) in [6, 6.07) is 9.89. The molecule has 6 rings (SSSR count). The van der Waals surface area contributed by atoms with E-state index in [-0.39, 0.29) is 48.3 Å². The number of halogens is 3. The Morgan fingerprint density at radius 3 is 2.20 bits per heavy atom. The Kier molecular flexibility index (Phi) is 8.68. The summed E-state index contributed by atoms with van der Waals surface area (Å²) >= 11 is 0. The molecule has 226 valence electrons. The zero-order valence-electron chi connectivity index (χ0n) is 24.1. The molecule has 4 saturated heterocycles. The predicted octanol–water partition coefficient (Wildman–Crippen LogP) is 5.14. The van der Waals surface area contributed by atoms with Crippen molar-refractivity contribution in [2.45, 2.75) is 101 Å². The smallest absolute Gasteiger partial charge is 0.328 e. The number of nitrogens with zero attached hydrogens (tertiary/aromatic N) is 4. The van der Waals surface area contributed by atoms with E-state index in [1.165, 1.54) is 5.56 Å². The third kappa shape index (κ3) is 5.26. The monoisotopic (exact) mass is 592 g/mol. The molecule has 0 radical (unpaired) electrons. The Labute approximate surface area is 248 Å². The number of amides is 4. The van der Waals surface area contributed by atoms with E-state index >= 15 is 0 Å². The molecule has 2 unspecified atom stereocenters. The number of imide groups is 1. The van der Waals surface area contributed by atoms with Crippen LogP contribution in [0.1, 0.15) is 76.7 Å². The zero-order valence-corrected chi connectivity index (χ0v) is 24.9. The number of urea groups is 1. The van der Waals surface area contributed by atoms with Gasteiger partial charge in [-0.2, -0.15) is 0 Å². The van der Waals surface area contributed by atoms with Crippen molar-refractivity contribution in [1.82, 2.24) is 19.6 Å². The van der Waals surface area contributed by atoms with Gasteiger partial charge in [0.1, 0.15) is 5.54 Å². The first-order valence-corrected chi connectivity index (χ1v) is 15.2. The number of carbonyl (C=O) groups excluding carboxylic acids is 3. The molecular formula is C31H43ClF2N4O3. The van der Waals surface area contributed by atoms with Gasteiger partial charge < -0.3 is 9.80 Å². The fourth-order valence-electron chi connectivity index (χ4n) is 8.77. The van der Waals surface area contributed by atoms with Crippen molar-refractivity contribution < 1.29 is 23.2 Å². The minimum atomic E-state index is -2.75. The van der Waals surface area contributed by atoms with Crippen LogP contribution in [0.2, 0.25) is 0 Å². The van der Waals surface area contributed by atoms with Gasteiger partial charge >= 0.3 is 6.03 Å². The van der Waals surface area contributed by atoms with Crippen LogP contribution in [0.5, 0.6) is 0 Å². The highest BCUT2D eigenvalue weighted by atomic mass is 35.5. The Bertz CT molecular complexity index is 1120. The van der Waals surface area contributed by atoms with Crippen molar-refractivity contribution in [3.63, 3.8) is 0 Å². The second kappa shape index (κ2) is 11.8. The second-order valence-electron chi connectivity index (χ2n) is 13.1. The molecule has 4 atom stereocenters. The maximum Gasteiger partial charge on any atom is 0.328 e. The van der Waals surface area contributed by atoms with Crippen LogP contribution in [0.3, 0.4) is 0 Å². The first-order chi connectivity index (χ1) is 19.2. The molecule has 1 aromatic carbocycles. The third-order valence-electron chi connectivity index (χ3n) is 10.4. The first-order valence-electron chi connectivity index (χ1n) is 15.2. The predicted molar refractivity (Wildman–Crippen MR) is 154 cm³/mol. The number of benzene rings is 1. The fourth-order valence-corrected chi connectivity index (χ4v) is 8.77. The Hall–Kier alpha value is -2.26. The highest BCUT2D eigenvalue weighted by Crippen LogP contribution is 2.49. The van der Waals surface area contributed by atoms with Gasteiger partial charge in [0, 0.05) is 49.6 Å². The van der Waals surface area contributed by atoms with Crippen LogP contribution in [0, 0.1) is 11.8 Å². The fraction of sp³-hybridized carbons (Fsp3) is 0.710. The average molecular weight is 593 g/mol. The van der Waals surface area contributed by atoms with E-state index in [1.54, 1.807) is 4.90 Å². The number of carbonyl (C=O) groups is 3. The van der Waals surface area contributed by atoms with Gasteiger partial charge in [-0.15, -0.1) is 12.4 Å². The van der Waals surface area contributed by atoms with E-state index < -0.39 is 30.4 Å².